The Kier molecular flexibility index (Phi) is 6.00. The predicted octanol–water partition coefficient (Wildman–Crippen LogP) is 13.0. The molecule has 4 heterocycles. The molecule has 6 aromatic carbocycles. The van der Waals surface area contributed by atoms with Crippen LogP contribution >= 0.6 is 11.3 Å². The van der Waals surface area contributed by atoms with Crippen molar-refractivity contribution in [1.82, 2.24) is 9.13 Å². The van der Waals surface area contributed by atoms with E-state index < -0.39 is 0 Å². The summed E-state index contributed by atoms with van der Waals surface area (Å²) in [5.74, 6) is 0.593. The quantitative estimate of drug-likeness (QED) is 0.169. The summed E-state index contributed by atoms with van der Waals surface area (Å²) in [5, 5.41) is 7.79. The first kappa shape index (κ1) is 28.8. The second-order valence-electron chi connectivity index (χ2n) is 14.7. The monoisotopic (exact) mass is 685 g/mol. The molecule has 0 bridgehead atoms. The molecule has 0 radical (unpaired) electrons. The lowest BCUT2D eigenvalue weighted by Crippen LogP contribution is -2.34. The van der Waals surface area contributed by atoms with Crippen LogP contribution in [0.1, 0.15) is 25.7 Å². The SMILES string of the molecule is C1=CC2=C(CC1)C1CCC=CC1N2c1cccc2c3ccccc3n(-c3ccc4sc5ccc(-n6c7ccccc7c7ccccc76)cc5c4c3)c12. The van der Waals surface area contributed by atoms with E-state index in [2.05, 4.69) is 166 Å². The summed E-state index contributed by atoms with van der Waals surface area (Å²) in [5.41, 5.74) is 11.8. The average Bonchev–Trinajstić information content (AvgIpc) is 3.94. The minimum Gasteiger partial charge on any atom is -0.332 e. The van der Waals surface area contributed by atoms with Crippen molar-refractivity contribution in [3.63, 3.8) is 0 Å². The van der Waals surface area contributed by atoms with Crippen LogP contribution in [-0.2, 0) is 0 Å². The molecule has 3 aromatic heterocycles. The van der Waals surface area contributed by atoms with Crippen LogP contribution in [0.25, 0.3) is 75.2 Å². The number of para-hydroxylation sites is 4. The molecule has 0 N–H and O–H groups in total. The van der Waals surface area contributed by atoms with E-state index in [0.29, 0.717) is 12.0 Å². The Morgan fingerprint density at radius 1 is 0.538 bits per heavy atom. The molecular formula is C48H35N3S. The highest BCUT2D eigenvalue weighted by molar-refractivity contribution is 7.25. The molecular weight excluding hydrogens is 651 g/mol. The highest BCUT2D eigenvalue weighted by Gasteiger charge is 2.41. The molecule has 2 unspecified atom stereocenters. The Morgan fingerprint density at radius 3 is 1.87 bits per heavy atom. The average molecular weight is 686 g/mol. The number of thiophene rings is 1. The Morgan fingerprint density at radius 2 is 1.15 bits per heavy atom. The molecule has 248 valence electrons. The minimum atomic E-state index is 0.362. The van der Waals surface area contributed by atoms with Gasteiger partial charge in [0.25, 0.3) is 0 Å². The van der Waals surface area contributed by atoms with Crippen molar-refractivity contribution in [1.29, 1.82) is 0 Å². The first-order valence-electron chi connectivity index (χ1n) is 18.6. The fraction of sp³-hybridized carbons (Fsp3) is 0.125. The van der Waals surface area contributed by atoms with Crippen LogP contribution in [0.2, 0.25) is 0 Å². The fourth-order valence-corrected chi connectivity index (χ4v) is 11.0. The van der Waals surface area contributed by atoms with Crippen molar-refractivity contribution in [2.75, 3.05) is 4.90 Å². The molecule has 1 aliphatic heterocycles. The van der Waals surface area contributed by atoms with Gasteiger partial charge < -0.3 is 14.0 Å². The van der Waals surface area contributed by atoms with Crippen LogP contribution in [-0.4, -0.2) is 15.2 Å². The maximum atomic E-state index is 2.68. The molecule has 52 heavy (non-hydrogen) atoms. The zero-order chi connectivity index (χ0) is 33.9. The Balaban J connectivity index is 1.10. The van der Waals surface area contributed by atoms with E-state index in [4.69, 9.17) is 0 Å². The van der Waals surface area contributed by atoms with Gasteiger partial charge in [-0.1, -0.05) is 85.0 Å². The number of aromatic nitrogens is 2. The van der Waals surface area contributed by atoms with E-state index in [9.17, 15) is 0 Å². The van der Waals surface area contributed by atoms with Crippen molar-refractivity contribution < 1.29 is 0 Å². The Labute approximate surface area is 305 Å². The van der Waals surface area contributed by atoms with Crippen molar-refractivity contribution in [2.24, 2.45) is 5.92 Å². The van der Waals surface area contributed by atoms with Crippen LogP contribution in [0.3, 0.4) is 0 Å². The number of anilines is 1. The van der Waals surface area contributed by atoms with Crippen LogP contribution in [0, 0.1) is 5.92 Å². The number of hydrogen-bond acceptors (Lipinski definition) is 2. The lowest BCUT2D eigenvalue weighted by Gasteiger charge is -2.32. The maximum absolute atomic E-state index is 2.68. The molecule has 0 amide bonds. The van der Waals surface area contributed by atoms with Gasteiger partial charge in [0, 0.05) is 64.7 Å². The molecule has 2 atom stereocenters. The third-order valence-corrected chi connectivity index (χ3v) is 13.2. The number of hydrogen-bond donors (Lipinski definition) is 0. The summed E-state index contributed by atoms with van der Waals surface area (Å²) in [7, 11) is 0. The van der Waals surface area contributed by atoms with Gasteiger partial charge in [-0.3, -0.25) is 0 Å². The van der Waals surface area contributed by atoms with Gasteiger partial charge in [0.15, 0.2) is 0 Å². The molecule has 3 aliphatic rings. The summed E-state index contributed by atoms with van der Waals surface area (Å²) in [4.78, 5) is 2.68. The zero-order valence-electron chi connectivity index (χ0n) is 28.7. The van der Waals surface area contributed by atoms with Crippen LogP contribution < -0.4 is 4.90 Å². The molecule has 0 spiro atoms. The van der Waals surface area contributed by atoms with Gasteiger partial charge in [0.1, 0.15) is 0 Å². The lowest BCUT2D eigenvalue weighted by atomic mass is 9.83. The molecule has 9 aromatic rings. The highest BCUT2D eigenvalue weighted by atomic mass is 32.1. The molecule has 0 saturated carbocycles. The van der Waals surface area contributed by atoms with Gasteiger partial charge in [-0.25, -0.2) is 0 Å². The second-order valence-corrected chi connectivity index (χ2v) is 15.8. The van der Waals surface area contributed by atoms with Gasteiger partial charge >= 0.3 is 0 Å². The summed E-state index contributed by atoms with van der Waals surface area (Å²) in [6, 6.07) is 48.0. The molecule has 4 heteroatoms. The lowest BCUT2D eigenvalue weighted by molar-refractivity contribution is 0.501. The van der Waals surface area contributed by atoms with Crippen molar-refractivity contribution in [3.05, 3.63) is 163 Å². The Bertz CT molecular complexity index is 3000. The van der Waals surface area contributed by atoms with Crippen molar-refractivity contribution in [3.8, 4) is 11.4 Å². The van der Waals surface area contributed by atoms with Crippen molar-refractivity contribution in [2.45, 2.75) is 31.7 Å². The first-order chi connectivity index (χ1) is 25.8. The molecule has 0 fully saturated rings. The van der Waals surface area contributed by atoms with E-state index in [0.717, 1.165) is 6.42 Å². The van der Waals surface area contributed by atoms with E-state index in [1.807, 2.05) is 11.3 Å². The number of nitrogens with zero attached hydrogens (tertiary/aromatic N) is 3. The standard InChI is InChI=1S/C48H35N3S/c1-6-18-40-32(12-1)33-13-2-7-19-41(33)49(40)30-24-26-46-38(28-30)39-29-31(25-27-47(39)52-46)50-42-20-8-5-16-36(42)37-17-11-23-45(48(37)50)51-43-21-9-3-14-34(43)35-15-4-10-22-44(35)51/h1-2,5-13,16-29,34,43H,3-4,14-15H2. The van der Waals surface area contributed by atoms with E-state index in [1.54, 1.807) is 5.57 Å². The second kappa shape index (κ2) is 10.8. The smallest absolute Gasteiger partial charge is 0.0779 e. The predicted molar refractivity (Wildman–Crippen MR) is 222 cm³/mol. The highest BCUT2D eigenvalue weighted by Crippen LogP contribution is 2.49. The normalized spacial score (nSPS) is 18.6. The van der Waals surface area contributed by atoms with Gasteiger partial charge in [0.2, 0.25) is 0 Å². The summed E-state index contributed by atoms with van der Waals surface area (Å²) in [6.07, 6.45) is 14.4. The zero-order valence-corrected chi connectivity index (χ0v) is 29.5. The Hall–Kier alpha value is -5.84. The molecule has 3 nitrogen and oxygen atoms in total. The van der Waals surface area contributed by atoms with Gasteiger partial charge in [0.05, 0.1) is 33.8 Å². The minimum absolute atomic E-state index is 0.362. The summed E-state index contributed by atoms with van der Waals surface area (Å²) in [6.45, 7) is 0. The van der Waals surface area contributed by atoms with Gasteiger partial charge in [-0.15, -0.1) is 11.3 Å². The number of allylic oxidation sites excluding steroid dienone is 3. The van der Waals surface area contributed by atoms with Crippen molar-refractivity contribution >= 4 is 80.8 Å². The summed E-state index contributed by atoms with van der Waals surface area (Å²) < 4.78 is 7.61. The van der Waals surface area contributed by atoms with E-state index >= 15 is 0 Å². The van der Waals surface area contributed by atoms with E-state index in [-0.39, 0.29) is 0 Å². The maximum Gasteiger partial charge on any atom is 0.0779 e. The third kappa shape index (κ3) is 3.90. The van der Waals surface area contributed by atoms with Gasteiger partial charge in [-0.2, -0.15) is 0 Å². The number of rotatable bonds is 3. The molecule has 2 aliphatic carbocycles. The van der Waals surface area contributed by atoms with Crippen LogP contribution in [0.4, 0.5) is 5.69 Å². The number of fused-ring (bicyclic) bond motifs is 11. The van der Waals surface area contributed by atoms with E-state index in [1.165, 1.54) is 106 Å². The van der Waals surface area contributed by atoms with Crippen LogP contribution in [0.5, 0.6) is 0 Å². The molecule has 0 saturated heterocycles. The topological polar surface area (TPSA) is 13.1 Å². The third-order valence-electron chi connectivity index (χ3n) is 12.0. The van der Waals surface area contributed by atoms with Gasteiger partial charge in [-0.05, 0) is 98.0 Å². The van der Waals surface area contributed by atoms with Crippen LogP contribution in [0.15, 0.2) is 163 Å². The number of benzene rings is 6. The fourth-order valence-electron chi connectivity index (χ4n) is 9.89. The largest absolute Gasteiger partial charge is 0.332 e. The molecule has 12 rings (SSSR count). The summed E-state index contributed by atoms with van der Waals surface area (Å²) >= 11 is 1.89. The first-order valence-corrected chi connectivity index (χ1v) is 19.5.